The Bertz CT molecular complexity index is 1230. The molecule has 6 nitrogen and oxygen atoms in total. The van der Waals surface area contributed by atoms with E-state index in [2.05, 4.69) is 60.6 Å². The third-order valence-corrected chi connectivity index (χ3v) is 13.5. The zero-order chi connectivity index (χ0) is 31.1. The van der Waals surface area contributed by atoms with E-state index in [1.807, 2.05) is 0 Å². The maximum absolute atomic E-state index is 12.3. The minimum absolute atomic E-state index is 0.0213. The molecular weight excluding hydrogens is 528 g/mol. The quantitative estimate of drug-likeness (QED) is 0.249. The van der Waals surface area contributed by atoms with Crippen LogP contribution < -0.4 is 0 Å². The van der Waals surface area contributed by atoms with E-state index >= 15 is 0 Å². The van der Waals surface area contributed by atoms with Gasteiger partial charge in [0.15, 0.2) is 0 Å². The molecule has 6 heteroatoms. The van der Waals surface area contributed by atoms with Gasteiger partial charge in [-0.1, -0.05) is 66.2 Å². The summed E-state index contributed by atoms with van der Waals surface area (Å²) in [5, 5.41) is 0. The van der Waals surface area contributed by atoms with Gasteiger partial charge in [0.1, 0.15) is 12.2 Å². The van der Waals surface area contributed by atoms with E-state index in [4.69, 9.17) is 14.2 Å². The van der Waals surface area contributed by atoms with Gasteiger partial charge in [-0.3, -0.25) is 14.4 Å². The first-order chi connectivity index (χ1) is 19.3. The molecule has 0 aromatic heterocycles. The predicted octanol–water partition coefficient (Wildman–Crippen LogP) is 7.74. The molecule has 42 heavy (non-hydrogen) atoms. The summed E-state index contributed by atoms with van der Waals surface area (Å²) in [4.78, 5) is 36.1. The van der Waals surface area contributed by atoms with Crippen molar-refractivity contribution in [2.24, 2.45) is 44.3 Å². The van der Waals surface area contributed by atoms with Gasteiger partial charge in [-0.2, -0.15) is 0 Å². The molecule has 0 aliphatic heterocycles. The number of carbonyl (C=O) groups excluding carboxylic acids is 3. The lowest BCUT2D eigenvalue weighted by Crippen LogP contribution is -2.63. The van der Waals surface area contributed by atoms with Crippen LogP contribution in [0, 0.1) is 44.3 Å². The summed E-state index contributed by atoms with van der Waals surface area (Å²) >= 11 is 0. The second kappa shape index (κ2) is 9.95. The van der Waals surface area contributed by atoms with Crippen LogP contribution in [0.5, 0.6) is 0 Å². The Morgan fingerprint density at radius 1 is 0.810 bits per heavy atom. The Morgan fingerprint density at radius 3 is 2.07 bits per heavy atom. The zero-order valence-corrected chi connectivity index (χ0v) is 27.8. The molecule has 0 N–H and O–H groups in total. The van der Waals surface area contributed by atoms with E-state index in [9.17, 15) is 14.4 Å². The summed E-state index contributed by atoms with van der Waals surface area (Å²) in [5.41, 5.74) is 2.35. The van der Waals surface area contributed by atoms with Gasteiger partial charge in [0.2, 0.25) is 0 Å². The lowest BCUT2D eigenvalue weighted by Gasteiger charge is -2.69. The van der Waals surface area contributed by atoms with Crippen LogP contribution in [0.4, 0.5) is 0 Å². The SMILES string of the molecule is CC(=O)OC[C@]1(C)CC2=C3C=C[C@H]4[C@@]5(C)CC[C@H](OC(C)=O)C(C)(C)[C@@H]5CC[C@@]4(C)[C@]3(C)CC[C@@]2(C)[C@H](OC(C)=O)C1. The number of esters is 3. The van der Waals surface area contributed by atoms with Crippen molar-refractivity contribution >= 4 is 17.9 Å². The number of hydrogen-bond donors (Lipinski definition) is 0. The fourth-order valence-corrected chi connectivity index (χ4v) is 11.0. The maximum Gasteiger partial charge on any atom is 0.302 e. The molecule has 9 atom stereocenters. The summed E-state index contributed by atoms with van der Waals surface area (Å²) < 4.78 is 17.6. The van der Waals surface area contributed by atoms with E-state index in [1.165, 1.54) is 31.9 Å². The van der Waals surface area contributed by atoms with E-state index in [0.29, 0.717) is 24.9 Å². The van der Waals surface area contributed by atoms with Crippen LogP contribution in [0.3, 0.4) is 0 Å². The van der Waals surface area contributed by atoms with Crippen molar-refractivity contribution in [3.05, 3.63) is 23.3 Å². The van der Waals surface area contributed by atoms with Crippen molar-refractivity contribution in [1.82, 2.24) is 0 Å². The predicted molar refractivity (Wildman–Crippen MR) is 162 cm³/mol. The van der Waals surface area contributed by atoms with Gasteiger partial charge in [-0.15, -0.1) is 0 Å². The molecule has 3 fully saturated rings. The van der Waals surface area contributed by atoms with Gasteiger partial charge in [0, 0.05) is 37.0 Å². The van der Waals surface area contributed by atoms with Gasteiger partial charge in [0.05, 0.1) is 6.61 Å². The van der Waals surface area contributed by atoms with Crippen molar-refractivity contribution in [3.63, 3.8) is 0 Å². The van der Waals surface area contributed by atoms with Crippen LogP contribution in [0.2, 0.25) is 0 Å². The van der Waals surface area contributed by atoms with Gasteiger partial charge in [-0.05, 0) is 85.0 Å². The largest absolute Gasteiger partial charge is 0.465 e. The molecule has 5 aliphatic carbocycles. The van der Waals surface area contributed by atoms with Crippen LogP contribution in [0.25, 0.3) is 0 Å². The second-order valence-electron chi connectivity index (χ2n) is 16.5. The van der Waals surface area contributed by atoms with Crippen LogP contribution in [0.15, 0.2) is 23.3 Å². The molecular formula is C36H54O6. The van der Waals surface area contributed by atoms with Gasteiger partial charge in [0.25, 0.3) is 0 Å². The van der Waals surface area contributed by atoms with Gasteiger partial charge < -0.3 is 14.2 Å². The monoisotopic (exact) mass is 582 g/mol. The molecule has 3 saturated carbocycles. The minimum Gasteiger partial charge on any atom is -0.465 e. The van der Waals surface area contributed by atoms with Crippen LogP contribution >= 0.6 is 0 Å². The molecule has 5 rings (SSSR count). The van der Waals surface area contributed by atoms with Crippen molar-refractivity contribution in [2.75, 3.05) is 6.61 Å². The molecule has 5 aliphatic rings. The Labute approximate surface area is 253 Å². The minimum atomic E-state index is -0.305. The normalized spacial score (nSPS) is 45.5. The molecule has 0 radical (unpaired) electrons. The fourth-order valence-electron chi connectivity index (χ4n) is 11.0. The summed E-state index contributed by atoms with van der Waals surface area (Å²) in [6.07, 6.45) is 12.4. The summed E-state index contributed by atoms with van der Waals surface area (Å²) in [6, 6.07) is 0. The lowest BCUT2D eigenvalue weighted by atomic mass is 9.35. The number of allylic oxidation sites excluding steroid dienone is 3. The average molecular weight is 583 g/mol. The highest BCUT2D eigenvalue weighted by Gasteiger charge is 2.67. The van der Waals surface area contributed by atoms with Crippen molar-refractivity contribution < 1.29 is 28.6 Å². The molecule has 0 aromatic carbocycles. The maximum atomic E-state index is 12.3. The number of rotatable bonds is 4. The van der Waals surface area contributed by atoms with E-state index < -0.39 is 0 Å². The molecule has 0 spiro atoms. The van der Waals surface area contributed by atoms with Crippen molar-refractivity contribution in [2.45, 2.75) is 133 Å². The third kappa shape index (κ3) is 4.51. The number of hydrogen-bond acceptors (Lipinski definition) is 6. The van der Waals surface area contributed by atoms with E-state index in [0.717, 1.165) is 44.9 Å². The van der Waals surface area contributed by atoms with Crippen LogP contribution in [-0.2, 0) is 28.6 Å². The summed E-state index contributed by atoms with van der Waals surface area (Å²) in [7, 11) is 0. The number of carbonyl (C=O) groups is 3. The van der Waals surface area contributed by atoms with Gasteiger partial charge >= 0.3 is 17.9 Å². The summed E-state index contributed by atoms with van der Waals surface area (Å²) in [6.45, 7) is 21.5. The van der Waals surface area contributed by atoms with Gasteiger partial charge in [-0.25, -0.2) is 0 Å². The lowest BCUT2D eigenvalue weighted by molar-refractivity contribution is -0.198. The number of ether oxygens (including phenoxy) is 3. The molecule has 0 unspecified atom stereocenters. The Balaban J connectivity index is 1.60. The van der Waals surface area contributed by atoms with Crippen LogP contribution in [0.1, 0.15) is 121 Å². The Kier molecular flexibility index (Phi) is 7.42. The highest BCUT2D eigenvalue weighted by Crippen LogP contribution is 2.74. The molecule has 0 bridgehead atoms. The Morgan fingerprint density at radius 2 is 1.45 bits per heavy atom. The summed E-state index contributed by atoms with van der Waals surface area (Å²) in [5.74, 6) is 0.182. The second-order valence-corrected chi connectivity index (χ2v) is 16.5. The molecule has 0 heterocycles. The van der Waals surface area contributed by atoms with Crippen molar-refractivity contribution in [3.8, 4) is 0 Å². The van der Waals surface area contributed by atoms with E-state index in [-0.39, 0.29) is 62.6 Å². The first-order valence-corrected chi connectivity index (χ1v) is 16.2. The average Bonchev–Trinajstić information content (AvgIpc) is 2.86. The molecule has 0 amide bonds. The van der Waals surface area contributed by atoms with E-state index in [1.54, 1.807) is 0 Å². The third-order valence-electron chi connectivity index (χ3n) is 13.5. The number of fused-ring (bicyclic) bond motifs is 6. The highest BCUT2D eigenvalue weighted by molar-refractivity contribution is 5.67. The van der Waals surface area contributed by atoms with Crippen molar-refractivity contribution in [1.29, 1.82) is 0 Å². The first-order valence-electron chi connectivity index (χ1n) is 16.2. The molecule has 234 valence electrons. The Hall–Kier alpha value is -2.11. The first kappa shape index (κ1) is 31.3. The topological polar surface area (TPSA) is 78.9 Å². The molecule has 0 aromatic rings. The fraction of sp³-hybridized carbons (Fsp3) is 0.806. The smallest absolute Gasteiger partial charge is 0.302 e. The standard InChI is InChI=1S/C36H54O6/c1-22(37)40-21-32(6)19-26-25-11-12-28-34(8)15-14-29(41-23(2)38)31(4,5)27(34)13-16-36(28,10)35(25,9)18-17-33(26,7)30(20-32)42-24(3)39/h11-12,27-30H,13-21H2,1-10H3/t27-,28-,29-,30+,32+,33+,34-,35+,36+/m0/s1. The zero-order valence-electron chi connectivity index (χ0n) is 27.8. The van der Waals surface area contributed by atoms with Crippen LogP contribution in [-0.4, -0.2) is 36.7 Å². The molecule has 0 saturated heterocycles. The highest BCUT2D eigenvalue weighted by atomic mass is 16.6.